The van der Waals surface area contributed by atoms with Gasteiger partial charge in [-0.25, -0.2) is 4.79 Å². The summed E-state index contributed by atoms with van der Waals surface area (Å²) in [5.74, 6) is -1.24. The van der Waals surface area contributed by atoms with E-state index in [1.54, 1.807) is 18.2 Å². The van der Waals surface area contributed by atoms with Crippen LogP contribution in [0, 0.1) is 0 Å². The summed E-state index contributed by atoms with van der Waals surface area (Å²) in [7, 11) is 2.71. The molecule has 0 aromatic heterocycles. The molecule has 0 N–H and O–H groups in total. The molecule has 0 aromatic rings. The average molecular weight is 342 g/mol. The van der Waals surface area contributed by atoms with E-state index in [9.17, 15) is 14.4 Å². The van der Waals surface area contributed by atoms with Crippen molar-refractivity contribution < 1.29 is 14.4 Å². The number of hydrogen-bond acceptors (Lipinski definition) is 4. The molecule has 2 aliphatic heterocycles. The van der Waals surface area contributed by atoms with Gasteiger partial charge in [-0.1, -0.05) is 49.2 Å². The lowest BCUT2D eigenvalue weighted by Gasteiger charge is -2.31. The number of likely N-dealkylation sites (N-methyl/N-ethyl adjacent to an activating group) is 2. The largest absolute Gasteiger partial charge is 0.333 e. The molecule has 6 heteroatoms. The Hall–Kier alpha value is -2.60. The average Bonchev–Trinajstić information content (AvgIpc) is 2.58. The molecule has 0 aliphatic carbocycles. The molecule has 0 saturated carbocycles. The van der Waals surface area contributed by atoms with Gasteiger partial charge in [-0.2, -0.15) is 0 Å². The first-order chi connectivity index (χ1) is 11.4. The van der Waals surface area contributed by atoms with Crippen LogP contribution in [0.3, 0.4) is 0 Å². The molecule has 0 spiro atoms. The van der Waals surface area contributed by atoms with Crippen LogP contribution in [0.5, 0.6) is 0 Å². The van der Waals surface area contributed by atoms with Crippen LogP contribution in [0.1, 0.15) is 6.92 Å². The maximum atomic E-state index is 12.6. The van der Waals surface area contributed by atoms with E-state index in [1.807, 2.05) is 19.1 Å². The predicted molar refractivity (Wildman–Crippen MR) is 95.9 cm³/mol. The monoisotopic (exact) mass is 342 g/mol. The molecule has 5 nitrogen and oxygen atoms in total. The van der Waals surface area contributed by atoms with E-state index in [0.717, 1.165) is 19.6 Å². The minimum Gasteiger partial charge on any atom is -0.268 e. The second kappa shape index (κ2) is 6.88. The van der Waals surface area contributed by atoms with Gasteiger partial charge in [0.15, 0.2) is 0 Å². The molecule has 0 radical (unpaired) electrons. The van der Waals surface area contributed by atoms with Gasteiger partial charge in [-0.3, -0.25) is 19.4 Å². The van der Waals surface area contributed by atoms with Crippen molar-refractivity contribution in [3.05, 3.63) is 70.1 Å². The minimum absolute atomic E-state index is 0.0452. The normalized spacial score (nSPS) is 19.5. The summed E-state index contributed by atoms with van der Waals surface area (Å²) in [6, 6.07) is -0.648. The number of carbonyl (C=O) groups is 3. The number of barbiturate groups is 1. The summed E-state index contributed by atoms with van der Waals surface area (Å²) in [6.07, 6.45) is 8.76. The zero-order valence-electron chi connectivity index (χ0n) is 13.8. The summed E-state index contributed by atoms with van der Waals surface area (Å²) in [6.45, 7) is 9.46. The lowest BCUT2D eigenvalue weighted by atomic mass is 9.95. The van der Waals surface area contributed by atoms with Crippen molar-refractivity contribution in [2.45, 2.75) is 6.92 Å². The van der Waals surface area contributed by atoms with E-state index in [4.69, 9.17) is 0 Å². The SMILES string of the molecule is C=CC1=C(C=C)C(=C2C(=O)N(C)C(=O)N(C)C2=O)C=C(/C=C/C)S1. The fraction of sp³-hybridized carbons (Fsp3) is 0.167. The smallest absolute Gasteiger partial charge is 0.268 e. The number of hydrogen-bond donors (Lipinski definition) is 0. The van der Waals surface area contributed by atoms with Crippen molar-refractivity contribution in [2.24, 2.45) is 0 Å². The topological polar surface area (TPSA) is 57.7 Å². The maximum Gasteiger partial charge on any atom is 0.333 e. The molecular weight excluding hydrogens is 324 g/mol. The quantitative estimate of drug-likeness (QED) is 0.584. The fourth-order valence-corrected chi connectivity index (χ4v) is 3.46. The third-order valence-corrected chi connectivity index (χ3v) is 4.77. The first kappa shape index (κ1) is 17.7. The van der Waals surface area contributed by atoms with Crippen LogP contribution in [0.25, 0.3) is 0 Å². The molecule has 1 fully saturated rings. The van der Waals surface area contributed by atoms with E-state index in [1.165, 1.54) is 25.9 Å². The highest BCUT2D eigenvalue weighted by Crippen LogP contribution is 2.41. The zero-order chi connectivity index (χ0) is 18.0. The van der Waals surface area contributed by atoms with Crippen molar-refractivity contribution >= 4 is 29.6 Å². The Morgan fingerprint density at radius 2 is 1.62 bits per heavy atom. The summed E-state index contributed by atoms with van der Waals surface area (Å²) in [4.78, 5) is 40.6. The number of nitrogens with zero attached hydrogens (tertiary/aromatic N) is 2. The van der Waals surface area contributed by atoms with E-state index in [2.05, 4.69) is 13.2 Å². The van der Waals surface area contributed by atoms with Crippen molar-refractivity contribution in [2.75, 3.05) is 14.1 Å². The zero-order valence-corrected chi connectivity index (χ0v) is 14.6. The van der Waals surface area contributed by atoms with Gasteiger partial charge in [0.05, 0.1) is 0 Å². The molecule has 4 amide bonds. The fourth-order valence-electron chi connectivity index (χ4n) is 2.44. The van der Waals surface area contributed by atoms with Crippen LogP contribution in [-0.2, 0) is 9.59 Å². The molecule has 0 bridgehead atoms. The highest BCUT2D eigenvalue weighted by atomic mass is 32.2. The van der Waals surface area contributed by atoms with Gasteiger partial charge in [0, 0.05) is 29.5 Å². The molecule has 2 aliphatic rings. The molecule has 2 rings (SSSR count). The van der Waals surface area contributed by atoms with Crippen LogP contribution in [0.4, 0.5) is 4.79 Å². The molecule has 0 atom stereocenters. The minimum atomic E-state index is -0.648. The van der Waals surface area contributed by atoms with Gasteiger partial charge in [-0.05, 0) is 18.6 Å². The number of imide groups is 2. The standard InChI is InChI=1S/C18H18N2O3S/c1-6-9-11-10-13(12(7-2)14(8-3)24-11)15-16(21)19(4)18(23)20(5)17(15)22/h6-10H,2-3H2,1,4-5H3/b9-6+. The predicted octanol–water partition coefficient (Wildman–Crippen LogP) is 3.17. The third-order valence-electron chi connectivity index (χ3n) is 3.67. The number of amides is 4. The van der Waals surface area contributed by atoms with Crippen molar-refractivity contribution in [1.29, 1.82) is 0 Å². The van der Waals surface area contributed by atoms with E-state index < -0.39 is 17.8 Å². The molecule has 1 saturated heterocycles. The third kappa shape index (κ3) is 2.80. The van der Waals surface area contributed by atoms with E-state index >= 15 is 0 Å². The Balaban J connectivity index is 2.79. The van der Waals surface area contributed by atoms with E-state index in [0.29, 0.717) is 11.1 Å². The van der Waals surface area contributed by atoms with Crippen LogP contribution in [0.2, 0.25) is 0 Å². The van der Waals surface area contributed by atoms with Gasteiger partial charge in [0.1, 0.15) is 5.57 Å². The Bertz CT molecular complexity index is 758. The lowest BCUT2D eigenvalue weighted by Crippen LogP contribution is -2.53. The number of urea groups is 1. The first-order valence-corrected chi connectivity index (χ1v) is 8.05. The summed E-state index contributed by atoms with van der Waals surface area (Å²) < 4.78 is 0. The van der Waals surface area contributed by atoms with Crippen LogP contribution < -0.4 is 0 Å². The maximum absolute atomic E-state index is 12.6. The van der Waals surface area contributed by atoms with Crippen LogP contribution >= 0.6 is 11.8 Å². The van der Waals surface area contributed by atoms with Gasteiger partial charge in [-0.15, -0.1) is 0 Å². The Kier molecular flexibility index (Phi) is 5.09. The highest BCUT2D eigenvalue weighted by Gasteiger charge is 2.40. The molecule has 0 unspecified atom stereocenters. The summed E-state index contributed by atoms with van der Waals surface area (Å²) in [5, 5.41) is 0. The second-order valence-corrected chi connectivity index (χ2v) is 6.25. The van der Waals surface area contributed by atoms with Gasteiger partial charge in [0.2, 0.25) is 0 Å². The van der Waals surface area contributed by atoms with Crippen LogP contribution in [-0.4, -0.2) is 41.7 Å². The molecule has 0 aromatic carbocycles. The lowest BCUT2D eigenvalue weighted by molar-refractivity contribution is -0.134. The van der Waals surface area contributed by atoms with Gasteiger partial charge in [0.25, 0.3) is 11.8 Å². The highest BCUT2D eigenvalue weighted by molar-refractivity contribution is 8.07. The Labute approximate surface area is 145 Å². The summed E-state index contributed by atoms with van der Waals surface area (Å²) in [5.41, 5.74) is 1.06. The Morgan fingerprint density at radius 1 is 1.04 bits per heavy atom. The van der Waals surface area contributed by atoms with Gasteiger partial charge >= 0.3 is 6.03 Å². The second-order valence-electron chi connectivity index (χ2n) is 5.13. The number of carbonyl (C=O) groups excluding carboxylic acids is 3. The summed E-state index contributed by atoms with van der Waals surface area (Å²) >= 11 is 1.47. The van der Waals surface area contributed by atoms with Crippen molar-refractivity contribution in [3.63, 3.8) is 0 Å². The number of allylic oxidation sites excluding steroid dienone is 7. The molecule has 2 heterocycles. The molecule has 24 heavy (non-hydrogen) atoms. The van der Waals surface area contributed by atoms with Crippen LogP contribution in [0.15, 0.2) is 70.1 Å². The van der Waals surface area contributed by atoms with E-state index in [-0.39, 0.29) is 5.57 Å². The first-order valence-electron chi connectivity index (χ1n) is 7.23. The number of rotatable bonds is 3. The van der Waals surface area contributed by atoms with Crippen molar-refractivity contribution in [3.8, 4) is 0 Å². The van der Waals surface area contributed by atoms with Gasteiger partial charge < -0.3 is 0 Å². The molecular formula is C18H18N2O3S. The molecule has 124 valence electrons. The Morgan fingerprint density at radius 3 is 2.08 bits per heavy atom. The number of thioether (sulfide) groups is 1. The van der Waals surface area contributed by atoms with Crippen molar-refractivity contribution in [1.82, 2.24) is 9.80 Å².